The van der Waals surface area contributed by atoms with E-state index in [4.69, 9.17) is 31.2 Å². The van der Waals surface area contributed by atoms with Crippen LogP contribution >= 0.6 is 24.8 Å². The molecule has 2 unspecified atom stereocenters. The van der Waals surface area contributed by atoms with Crippen LogP contribution in [-0.2, 0) is 9.47 Å². The van der Waals surface area contributed by atoms with Gasteiger partial charge in [-0.2, -0.15) is 27.5 Å². The Morgan fingerprint density at radius 1 is 0.789 bits per heavy atom. The topological polar surface area (TPSA) is 221 Å². The number of hydrogen-bond donors (Lipinski definition) is 6. The van der Waals surface area contributed by atoms with E-state index in [2.05, 4.69) is 9.97 Å². The molecule has 0 aliphatic carbocycles. The number of aliphatic hydroxyl groups is 4. The summed E-state index contributed by atoms with van der Waals surface area (Å²) in [4.78, 5) is 29.4. The first-order valence-corrected chi connectivity index (χ1v) is 10.1. The molecule has 0 bridgehead atoms. The molecule has 2 aromatic heterocycles. The van der Waals surface area contributed by atoms with Gasteiger partial charge in [0.2, 0.25) is 12.5 Å². The summed E-state index contributed by atoms with van der Waals surface area (Å²) in [5.41, 5.74) is 8.42. The summed E-state index contributed by atoms with van der Waals surface area (Å²) in [7, 11) is 0. The van der Waals surface area contributed by atoms with Crippen LogP contribution in [0.4, 0.5) is 29.2 Å². The summed E-state index contributed by atoms with van der Waals surface area (Å²) >= 11 is 0. The molecule has 6 atom stereocenters. The van der Waals surface area contributed by atoms with Crippen molar-refractivity contribution in [2.24, 2.45) is 0 Å². The van der Waals surface area contributed by atoms with Gasteiger partial charge in [0.25, 0.3) is 0 Å². The average Bonchev–Trinajstić information content (AvgIpc) is 3.17. The molecule has 8 N–H and O–H groups in total. The maximum absolute atomic E-state index is 13.7. The van der Waals surface area contributed by atoms with Crippen LogP contribution in [0.3, 0.4) is 0 Å². The lowest BCUT2D eigenvalue weighted by molar-refractivity contribution is -0.141. The van der Waals surface area contributed by atoms with E-state index >= 15 is 0 Å². The van der Waals surface area contributed by atoms with Crippen molar-refractivity contribution in [3.05, 3.63) is 45.5 Å². The molecule has 38 heavy (non-hydrogen) atoms. The quantitative estimate of drug-likeness (QED) is 0.216. The zero-order chi connectivity index (χ0) is 27.0. The van der Waals surface area contributed by atoms with E-state index in [9.17, 15) is 37.4 Å². The summed E-state index contributed by atoms with van der Waals surface area (Å²) in [6.45, 7) is -1.57. The van der Waals surface area contributed by atoms with Gasteiger partial charge in [0.05, 0.1) is 13.2 Å². The number of ether oxygens (including phenoxy) is 2. The van der Waals surface area contributed by atoms with Gasteiger partial charge >= 0.3 is 23.2 Å². The van der Waals surface area contributed by atoms with Crippen molar-refractivity contribution in [2.45, 2.75) is 48.7 Å². The Bertz CT molecular complexity index is 1120. The second-order valence-corrected chi connectivity index (χ2v) is 7.74. The third-order valence-corrected chi connectivity index (χ3v) is 5.33. The third-order valence-electron chi connectivity index (χ3n) is 5.33. The highest BCUT2D eigenvalue weighted by molar-refractivity contribution is 5.85. The van der Waals surface area contributed by atoms with Crippen molar-refractivity contribution < 1.29 is 47.5 Å². The molecule has 0 saturated carbocycles. The van der Waals surface area contributed by atoms with E-state index in [0.29, 0.717) is 9.13 Å². The molecule has 216 valence electrons. The minimum atomic E-state index is -3.71. The predicted molar refractivity (Wildman–Crippen MR) is 124 cm³/mol. The van der Waals surface area contributed by atoms with Crippen molar-refractivity contribution in [1.82, 2.24) is 19.1 Å². The van der Waals surface area contributed by atoms with Crippen LogP contribution < -0.4 is 22.8 Å². The summed E-state index contributed by atoms with van der Waals surface area (Å²) in [6.07, 6.45) is -9.38. The molecule has 0 spiro atoms. The Morgan fingerprint density at radius 2 is 1.11 bits per heavy atom. The first-order valence-electron chi connectivity index (χ1n) is 10.1. The predicted octanol–water partition coefficient (Wildman–Crippen LogP) is -1.73. The Morgan fingerprint density at radius 3 is 1.34 bits per heavy atom. The van der Waals surface area contributed by atoms with Crippen LogP contribution in [0.1, 0.15) is 12.5 Å². The van der Waals surface area contributed by atoms with E-state index in [0.717, 1.165) is 24.5 Å². The van der Waals surface area contributed by atoms with Crippen molar-refractivity contribution in [1.29, 1.82) is 0 Å². The normalized spacial score (nSPS) is 28.9. The molecule has 14 nitrogen and oxygen atoms in total. The van der Waals surface area contributed by atoms with E-state index in [1.807, 2.05) is 0 Å². The monoisotopic (exact) mass is 598 g/mol. The molecule has 4 heterocycles. The molecular weight excluding hydrogens is 575 g/mol. The Kier molecular flexibility index (Phi) is 11.0. The highest BCUT2D eigenvalue weighted by atomic mass is 35.5. The second kappa shape index (κ2) is 12.5. The Balaban J connectivity index is 0.000000361. The lowest BCUT2D eigenvalue weighted by Crippen LogP contribution is -2.41. The SMILES string of the molecule is Cl.Cl.Nc1ccn([C@@H]2O[C@H](CO)C(O)C2(F)F)c(=O)n1.Nc1ccn([C@@H]2O[C@H](CO)C(O)C2(F)F)c(=O)n1. The molecule has 2 saturated heterocycles. The van der Waals surface area contributed by atoms with Crippen LogP contribution in [0.15, 0.2) is 34.1 Å². The summed E-state index contributed by atoms with van der Waals surface area (Å²) in [6, 6.07) is 2.30. The summed E-state index contributed by atoms with van der Waals surface area (Å²) in [5.74, 6) is -7.65. The van der Waals surface area contributed by atoms with E-state index in [1.165, 1.54) is 0 Å². The molecule has 4 rings (SSSR count). The zero-order valence-electron chi connectivity index (χ0n) is 18.9. The number of rotatable bonds is 4. The van der Waals surface area contributed by atoms with Crippen LogP contribution in [0, 0.1) is 0 Å². The third kappa shape index (κ3) is 6.18. The smallest absolute Gasteiger partial charge is 0.351 e. The Hall–Kier alpha value is -2.58. The number of hydrogen-bond acceptors (Lipinski definition) is 12. The first-order chi connectivity index (χ1) is 16.7. The highest BCUT2D eigenvalue weighted by Crippen LogP contribution is 2.42. The number of anilines is 2. The number of alkyl halides is 4. The molecule has 0 amide bonds. The van der Waals surface area contributed by atoms with E-state index in [-0.39, 0.29) is 36.4 Å². The number of nitrogens with two attached hydrogens (primary N) is 2. The minimum absolute atomic E-state index is 0. The summed E-state index contributed by atoms with van der Waals surface area (Å²) < 4.78 is 65.4. The average molecular weight is 599 g/mol. The van der Waals surface area contributed by atoms with E-state index < -0.39 is 73.3 Å². The van der Waals surface area contributed by atoms with Crippen molar-refractivity contribution in [2.75, 3.05) is 24.7 Å². The van der Waals surface area contributed by atoms with Gasteiger partial charge in [-0.25, -0.2) is 9.59 Å². The Labute approximate surface area is 222 Å². The molecule has 20 heteroatoms. The van der Waals surface area contributed by atoms with Crippen molar-refractivity contribution in [3.63, 3.8) is 0 Å². The number of halogens is 6. The summed E-state index contributed by atoms with van der Waals surface area (Å²) in [5, 5.41) is 36.2. The van der Waals surface area contributed by atoms with Crippen LogP contribution in [0.5, 0.6) is 0 Å². The fourth-order valence-electron chi connectivity index (χ4n) is 3.45. The molecule has 0 radical (unpaired) electrons. The largest absolute Gasteiger partial charge is 0.394 e. The van der Waals surface area contributed by atoms with Gasteiger partial charge < -0.3 is 41.4 Å². The molecule has 2 aromatic rings. The lowest BCUT2D eigenvalue weighted by atomic mass is 10.1. The fourth-order valence-corrected chi connectivity index (χ4v) is 3.45. The number of aromatic nitrogens is 4. The van der Waals surface area contributed by atoms with E-state index in [1.54, 1.807) is 0 Å². The van der Waals surface area contributed by atoms with Crippen molar-refractivity contribution >= 4 is 36.4 Å². The second-order valence-electron chi connectivity index (χ2n) is 7.74. The van der Waals surface area contributed by atoms with Crippen LogP contribution in [0.2, 0.25) is 0 Å². The molecule has 2 aliphatic rings. The number of aliphatic hydroxyl groups excluding tert-OH is 4. The van der Waals surface area contributed by atoms with Crippen LogP contribution in [0.25, 0.3) is 0 Å². The minimum Gasteiger partial charge on any atom is -0.394 e. The van der Waals surface area contributed by atoms with Gasteiger partial charge in [0, 0.05) is 12.4 Å². The van der Waals surface area contributed by atoms with Gasteiger partial charge in [-0.15, -0.1) is 24.8 Å². The maximum atomic E-state index is 13.7. The standard InChI is InChI=1S/2C9H11F2N3O4.2ClH/c2*10-9(11)6(16)4(3-15)18-7(9)14-2-1-5(12)13-8(14)17;;/h2*1-2,4,6-7,15-16H,3H2,(H2,12,13,17);2*1H/t2*4-,6?,7-;;/m11../s1. The molecular formula is C18H24Cl2F4N6O8. The lowest BCUT2D eigenvalue weighted by Gasteiger charge is -2.20. The molecule has 0 aromatic carbocycles. The van der Waals surface area contributed by atoms with Gasteiger partial charge in [0.1, 0.15) is 23.8 Å². The van der Waals surface area contributed by atoms with Gasteiger partial charge in [-0.1, -0.05) is 0 Å². The fraction of sp³-hybridized carbons (Fsp3) is 0.556. The molecule has 2 fully saturated rings. The number of nitrogen functional groups attached to an aromatic ring is 2. The maximum Gasteiger partial charge on any atom is 0.351 e. The van der Waals surface area contributed by atoms with Crippen LogP contribution in [-0.4, -0.2) is 89.0 Å². The highest BCUT2D eigenvalue weighted by Gasteiger charge is 2.60. The van der Waals surface area contributed by atoms with Gasteiger partial charge in [-0.05, 0) is 12.1 Å². The molecule has 2 aliphatic heterocycles. The first kappa shape index (κ1) is 33.4. The van der Waals surface area contributed by atoms with Gasteiger partial charge in [0.15, 0.2) is 12.2 Å². The number of nitrogens with zero attached hydrogens (tertiary/aromatic N) is 4. The zero-order valence-corrected chi connectivity index (χ0v) is 20.5. The van der Waals surface area contributed by atoms with Crippen molar-refractivity contribution in [3.8, 4) is 0 Å². The van der Waals surface area contributed by atoms with Gasteiger partial charge in [-0.3, -0.25) is 9.13 Å².